The van der Waals surface area contributed by atoms with Crippen molar-refractivity contribution in [2.75, 3.05) is 5.32 Å². The molecule has 1 N–H and O–H groups in total. The van der Waals surface area contributed by atoms with E-state index in [0.29, 0.717) is 17.9 Å². The number of carbonyl (C=O) groups excluding carboxylic acids is 1. The zero-order valence-electron chi connectivity index (χ0n) is 13.0. The van der Waals surface area contributed by atoms with Crippen molar-refractivity contribution in [1.29, 1.82) is 0 Å². The molecule has 0 unspecified atom stereocenters. The molecule has 0 saturated carbocycles. The smallest absolute Gasteiger partial charge is 0.229 e. The lowest BCUT2D eigenvalue weighted by molar-refractivity contribution is -0.115. The molecule has 0 aliphatic heterocycles. The van der Waals surface area contributed by atoms with Crippen molar-refractivity contribution >= 4 is 11.7 Å². The average Bonchev–Trinajstić information content (AvgIpc) is 3.01. The Labute approximate surface area is 139 Å². The molecule has 0 atom stereocenters. The topological polar surface area (TPSA) is 59.8 Å². The minimum absolute atomic E-state index is 0.113. The number of rotatable bonds is 6. The highest BCUT2D eigenvalue weighted by atomic mass is 19.1. The van der Waals surface area contributed by atoms with Crippen LogP contribution in [0.15, 0.2) is 61.1 Å². The van der Waals surface area contributed by atoms with E-state index in [1.807, 2.05) is 18.3 Å². The van der Waals surface area contributed by atoms with E-state index >= 15 is 0 Å². The van der Waals surface area contributed by atoms with Gasteiger partial charge in [0.25, 0.3) is 0 Å². The molecule has 0 spiro atoms. The minimum Gasteiger partial charge on any atom is -0.309 e. The van der Waals surface area contributed by atoms with E-state index in [1.54, 1.807) is 35.3 Å². The molecule has 0 fully saturated rings. The maximum absolute atomic E-state index is 13.1. The van der Waals surface area contributed by atoms with Crippen LogP contribution in [0.1, 0.15) is 11.1 Å². The van der Waals surface area contributed by atoms with Crippen LogP contribution in [0.4, 0.5) is 10.2 Å². The van der Waals surface area contributed by atoms with Gasteiger partial charge in [0.15, 0.2) is 5.82 Å². The number of aromatic nitrogens is 3. The summed E-state index contributed by atoms with van der Waals surface area (Å²) in [5.41, 5.74) is 1.81. The van der Waals surface area contributed by atoms with Crippen LogP contribution in [-0.4, -0.2) is 20.7 Å². The summed E-state index contributed by atoms with van der Waals surface area (Å²) in [6.45, 7) is 0.712. The number of hydrogen-bond donors (Lipinski definition) is 1. The van der Waals surface area contributed by atoms with Crippen LogP contribution < -0.4 is 5.32 Å². The molecule has 0 aliphatic carbocycles. The minimum atomic E-state index is -0.347. The lowest BCUT2D eigenvalue weighted by Crippen LogP contribution is -2.15. The van der Waals surface area contributed by atoms with Gasteiger partial charge in [-0.25, -0.2) is 4.39 Å². The molecule has 1 amide bonds. The number of pyridine rings is 1. The van der Waals surface area contributed by atoms with Crippen LogP contribution in [0, 0.1) is 5.82 Å². The standard InChI is InChI=1S/C18H17FN4O/c19-16-3-1-2-15(12-16)13-18(24)21-17-7-11-23(22-17)10-6-14-4-8-20-9-5-14/h1-5,7-9,11-12H,6,10,13H2,(H,21,22,24). The Morgan fingerprint density at radius 1 is 1.12 bits per heavy atom. The highest BCUT2D eigenvalue weighted by Gasteiger charge is 2.07. The van der Waals surface area contributed by atoms with Gasteiger partial charge in [-0.2, -0.15) is 5.10 Å². The van der Waals surface area contributed by atoms with Crippen LogP contribution in [0.2, 0.25) is 0 Å². The summed E-state index contributed by atoms with van der Waals surface area (Å²) in [7, 11) is 0. The molecule has 1 aromatic carbocycles. The summed E-state index contributed by atoms with van der Waals surface area (Å²) in [6.07, 6.45) is 6.29. The molecular weight excluding hydrogens is 307 g/mol. The van der Waals surface area contributed by atoms with Crippen molar-refractivity contribution < 1.29 is 9.18 Å². The fraction of sp³-hybridized carbons (Fsp3) is 0.167. The number of aryl methyl sites for hydroxylation is 2. The first-order valence-corrected chi connectivity index (χ1v) is 7.66. The van der Waals surface area contributed by atoms with Gasteiger partial charge in [-0.05, 0) is 41.8 Å². The zero-order chi connectivity index (χ0) is 16.8. The highest BCUT2D eigenvalue weighted by Crippen LogP contribution is 2.08. The number of amides is 1. The second-order valence-corrected chi connectivity index (χ2v) is 5.42. The summed E-state index contributed by atoms with van der Waals surface area (Å²) in [4.78, 5) is 16.0. The Kier molecular flexibility index (Phi) is 4.96. The van der Waals surface area contributed by atoms with Gasteiger partial charge in [0.05, 0.1) is 6.42 Å². The van der Waals surface area contributed by atoms with E-state index in [9.17, 15) is 9.18 Å². The Hall–Kier alpha value is -3.02. The molecule has 0 radical (unpaired) electrons. The van der Waals surface area contributed by atoms with Gasteiger partial charge in [0.1, 0.15) is 5.82 Å². The average molecular weight is 324 g/mol. The maximum Gasteiger partial charge on any atom is 0.229 e. The second kappa shape index (κ2) is 7.50. The summed E-state index contributed by atoms with van der Waals surface area (Å²) < 4.78 is 14.9. The van der Waals surface area contributed by atoms with E-state index < -0.39 is 0 Å². The Bertz CT molecular complexity index is 817. The predicted molar refractivity (Wildman–Crippen MR) is 88.9 cm³/mol. The number of hydrogen-bond acceptors (Lipinski definition) is 3. The first-order chi connectivity index (χ1) is 11.7. The molecule has 2 aromatic heterocycles. The van der Waals surface area contributed by atoms with Crippen molar-refractivity contribution in [1.82, 2.24) is 14.8 Å². The number of carbonyl (C=O) groups is 1. The van der Waals surface area contributed by atoms with Gasteiger partial charge in [-0.1, -0.05) is 12.1 Å². The quantitative estimate of drug-likeness (QED) is 0.758. The van der Waals surface area contributed by atoms with Crippen molar-refractivity contribution in [2.45, 2.75) is 19.4 Å². The van der Waals surface area contributed by atoms with E-state index in [0.717, 1.165) is 6.42 Å². The third-order valence-corrected chi connectivity index (χ3v) is 3.54. The maximum atomic E-state index is 13.1. The zero-order valence-corrected chi connectivity index (χ0v) is 13.0. The Balaban J connectivity index is 1.53. The van der Waals surface area contributed by atoms with Crippen LogP contribution in [0.3, 0.4) is 0 Å². The van der Waals surface area contributed by atoms with E-state index in [1.165, 1.54) is 17.7 Å². The van der Waals surface area contributed by atoms with Crippen LogP contribution in [0.5, 0.6) is 0 Å². The van der Waals surface area contributed by atoms with Crippen molar-refractivity contribution in [2.24, 2.45) is 0 Å². The largest absolute Gasteiger partial charge is 0.309 e. The molecule has 3 aromatic rings. The van der Waals surface area contributed by atoms with Crippen molar-refractivity contribution in [3.05, 3.63) is 78.0 Å². The number of anilines is 1. The monoisotopic (exact) mass is 324 g/mol. The number of nitrogens with zero attached hydrogens (tertiary/aromatic N) is 3. The lowest BCUT2D eigenvalue weighted by Gasteiger charge is -2.03. The first-order valence-electron chi connectivity index (χ1n) is 7.66. The van der Waals surface area contributed by atoms with Gasteiger partial charge in [0.2, 0.25) is 5.91 Å². The number of halogens is 1. The molecule has 2 heterocycles. The van der Waals surface area contributed by atoms with Crippen LogP contribution in [0.25, 0.3) is 0 Å². The van der Waals surface area contributed by atoms with E-state index in [2.05, 4.69) is 15.4 Å². The lowest BCUT2D eigenvalue weighted by atomic mass is 10.1. The molecule has 24 heavy (non-hydrogen) atoms. The molecule has 122 valence electrons. The van der Waals surface area contributed by atoms with Gasteiger partial charge >= 0.3 is 0 Å². The molecule has 3 rings (SSSR count). The van der Waals surface area contributed by atoms with E-state index in [4.69, 9.17) is 0 Å². The first kappa shape index (κ1) is 15.9. The van der Waals surface area contributed by atoms with Gasteiger partial charge in [-0.3, -0.25) is 14.5 Å². The summed E-state index contributed by atoms with van der Waals surface area (Å²) in [5, 5.41) is 7.04. The highest BCUT2D eigenvalue weighted by molar-refractivity contribution is 5.91. The van der Waals surface area contributed by atoms with Gasteiger partial charge in [0, 0.05) is 31.2 Å². The SMILES string of the molecule is O=C(Cc1cccc(F)c1)Nc1ccn(CCc2ccncc2)n1. The normalized spacial score (nSPS) is 10.5. The fourth-order valence-electron chi connectivity index (χ4n) is 2.37. The second-order valence-electron chi connectivity index (χ2n) is 5.42. The predicted octanol–water partition coefficient (Wildman–Crippen LogP) is 2.84. The molecule has 6 heteroatoms. The Morgan fingerprint density at radius 3 is 2.75 bits per heavy atom. The third kappa shape index (κ3) is 4.49. The molecular formula is C18H17FN4O. The fourth-order valence-corrected chi connectivity index (χ4v) is 2.37. The molecule has 5 nitrogen and oxygen atoms in total. The molecule has 0 saturated heterocycles. The van der Waals surface area contributed by atoms with Crippen LogP contribution in [-0.2, 0) is 24.2 Å². The van der Waals surface area contributed by atoms with Crippen LogP contribution >= 0.6 is 0 Å². The summed E-state index contributed by atoms with van der Waals surface area (Å²) in [5.74, 6) is -0.0770. The van der Waals surface area contributed by atoms with Crippen molar-refractivity contribution in [3.63, 3.8) is 0 Å². The summed E-state index contributed by atoms with van der Waals surface area (Å²) >= 11 is 0. The van der Waals surface area contributed by atoms with Gasteiger partial charge < -0.3 is 5.32 Å². The van der Waals surface area contributed by atoms with Crippen molar-refractivity contribution in [3.8, 4) is 0 Å². The number of benzene rings is 1. The molecule has 0 aliphatic rings. The third-order valence-electron chi connectivity index (χ3n) is 3.54. The van der Waals surface area contributed by atoms with E-state index in [-0.39, 0.29) is 18.1 Å². The molecule has 0 bridgehead atoms. The van der Waals surface area contributed by atoms with Gasteiger partial charge in [-0.15, -0.1) is 0 Å². The summed E-state index contributed by atoms with van der Waals surface area (Å²) in [6, 6.07) is 11.7. The number of nitrogens with one attached hydrogen (secondary N) is 1. The Morgan fingerprint density at radius 2 is 1.96 bits per heavy atom.